The van der Waals surface area contributed by atoms with E-state index in [1.807, 2.05) is 12.1 Å². The predicted octanol–water partition coefficient (Wildman–Crippen LogP) is 3.25. The highest BCUT2D eigenvalue weighted by atomic mass is 79.9. The number of carbonyl (C=O) groups is 1. The van der Waals surface area contributed by atoms with Gasteiger partial charge in [-0.1, -0.05) is 24.3 Å². The Balaban J connectivity index is 1.38. The van der Waals surface area contributed by atoms with Gasteiger partial charge >= 0.3 is 0 Å². The molecule has 25 heavy (non-hydrogen) atoms. The molecule has 134 valence electrons. The maximum absolute atomic E-state index is 12.2. The quantitative estimate of drug-likeness (QED) is 0.777. The molecule has 3 rings (SSSR count). The van der Waals surface area contributed by atoms with Crippen molar-refractivity contribution in [1.82, 2.24) is 15.1 Å². The smallest absolute Gasteiger partial charge is 0.234 e. The normalized spacial score (nSPS) is 16.1. The number of piperazine rings is 1. The van der Waals surface area contributed by atoms with Gasteiger partial charge in [-0.05, 0) is 46.1 Å². The van der Waals surface area contributed by atoms with Crippen molar-refractivity contribution in [2.75, 3.05) is 32.7 Å². The molecule has 1 aliphatic rings. The molecule has 1 aromatic carbocycles. The lowest BCUT2D eigenvalue weighted by atomic mass is 10.1. The zero-order valence-corrected chi connectivity index (χ0v) is 16.9. The molecule has 2 aromatic rings. The van der Waals surface area contributed by atoms with Crippen LogP contribution < -0.4 is 5.32 Å². The fraction of sp³-hybridized carbons (Fsp3) is 0.421. The minimum absolute atomic E-state index is 0.110. The molecule has 0 unspecified atom stereocenters. The molecule has 2 heterocycles. The number of rotatable bonds is 6. The third kappa shape index (κ3) is 5.64. The van der Waals surface area contributed by atoms with Gasteiger partial charge in [0, 0.05) is 44.1 Å². The minimum Gasteiger partial charge on any atom is -0.351 e. The minimum atomic E-state index is 0.110. The van der Waals surface area contributed by atoms with E-state index in [2.05, 4.69) is 62.2 Å². The third-order valence-electron chi connectivity index (χ3n) is 4.58. The van der Waals surface area contributed by atoms with Crippen LogP contribution in [0.2, 0.25) is 0 Å². The Hall–Kier alpha value is -1.21. The summed E-state index contributed by atoms with van der Waals surface area (Å²) < 4.78 is 1.19. The summed E-state index contributed by atoms with van der Waals surface area (Å²) in [6.45, 7) is 8.11. The van der Waals surface area contributed by atoms with Gasteiger partial charge in [0.15, 0.2) is 0 Å². The van der Waals surface area contributed by atoms with Crippen molar-refractivity contribution in [2.45, 2.75) is 20.0 Å². The number of amides is 1. The van der Waals surface area contributed by atoms with E-state index in [1.54, 1.807) is 11.3 Å². The third-order valence-corrected chi connectivity index (χ3v) is 6.19. The largest absolute Gasteiger partial charge is 0.351 e. The van der Waals surface area contributed by atoms with Gasteiger partial charge in [-0.15, -0.1) is 11.3 Å². The van der Waals surface area contributed by atoms with Crippen molar-refractivity contribution >= 4 is 33.2 Å². The van der Waals surface area contributed by atoms with Gasteiger partial charge < -0.3 is 5.32 Å². The van der Waals surface area contributed by atoms with E-state index in [1.165, 1.54) is 19.8 Å². The lowest BCUT2D eigenvalue weighted by Crippen LogP contribution is -2.48. The second kappa shape index (κ2) is 8.94. The summed E-state index contributed by atoms with van der Waals surface area (Å²) in [7, 11) is 0. The zero-order chi connectivity index (χ0) is 17.6. The molecule has 0 bridgehead atoms. The first-order chi connectivity index (χ1) is 12.1. The molecular weight excluding hydrogens is 398 g/mol. The first-order valence-electron chi connectivity index (χ1n) is 8.60. The van der Waals surface area contributed by atoms with Crippen LogP contribution in [0.4, 0.5) is 0 Å². The summed E-state index contributed by atoms with van der Waals surface area (Å²) in [6, 6.07) is 12.5. The first kappa shape index (κ1) is 18.6. The van der Waals surface area contributed by atoms with Crippen molar-refractivity contribution < 1.29 is 4.79 Å². The number of thiophene rings is 1. The van der Waals surface area contributed by atoms with Crippen molar-refractivity contribution in [3.63, 3.8) is 0 Å². The van der Waals surface area contributed by atoms with Gasteiger partial charge in [-0.3, -0.25) is 14.6 Å². The second-order valence-corrected chi connectivity index (χ2v) is 9.01. The Kier molecular flexibility index (Phi) is 6.64. The zero-order valence-electron chi connectivity index (χ0n) is 14.5. The summed E-state index contributed by atoms with van der Waals surface area (Å²) in [5.41, 5.74) is 2.40. The Morgan fingerprint density at radius 2 is 1.84 bits per heavy atom. The van der Waals surface area contributed by atoms with E-state index in [9.17, 15) is 4.79 Å². The molecule has 1 fully saturated rings. The number of hydrogen-bond donors (Lipinski definition) is 1. The van der Waals surface area contributed by atoms with Crippen LogP contribution in [0.25, 0.3) is 0 Å². The topological polar surface area (TPSA) is 35.6 Å². The number of hydrogen-bond acceptors (Lipinski definition) is 4. The molecule has 1 N–H and O–H groups in total. The highest BCUT2D eigenvalue weighted by Gasteiger charge is 2.19. The average molecular weight is 422 g/mol. The fourth-order valence-electron chi connectivity index (χ4n) is 3.02. The van der Waals surface area contributed by atoms with Gasteiger partial charge in [-0.25, -0.2) is 0 Å². The molecule has 4 nitrogen and oxygen atoms in total. The Morgan fingerprint density at radius 3 is 2.52 bits per heavy atom. The van der Waals surface area contributed by atoms with Crippen LogP contribution in [0.1, 0.15) is 16.0 Å². The molecule has 1 saturated heterocycles. The second-order valence-electron chi connectivity index (χ2n) is 6.46. The molecular formula is C19H24BrN3OS. The summed E-state index contributed by atoms with van der Waals surface area (Å²) in [6.07, 6.45) is 0. The van der Waals surface area contributed by atoms with Crippen LogP contribution in [0.5, 0.6) is 0 Å². The van der Waals surface area contributed by atoms with Crippen LogP contribution in [0, 0.1) is 6.92 Å². The fourth-order valence-corrected chi connectivity index (χ4v) is 4.55. The highest BCUT2D eigenvalue weighted by molar-refractivity contribution is 9.11. The predicted molar refractivity (Wildman–Crippen MR) is 107 cm³/mol. The number of aryl methyl sites for hydroxylation is 1. The number of carbonyl (C=O) groups excluding carboxylic acids is 1. The molecule has 1 amide bonds. The Bertz CT molecular complexity index is 710. The van der Waals surface area contributed by atoms with Gasteiger partial charge in [0.25, 0.3) is 0 Å². The molecule has 0 atom stereocenters. The van der Waals surface area contributed by atoms with Crippen LogP contribution >= 0.6 is 27.3 Å². The maximum atomic E-state index is 12.2. The van der Waals surface area contributed by atoms with Crippen LogP contribution in [0.3, 0.4) is 0 Å². The van der Waals surface area contributed by atoms with Gasteiger partial charge in [0.1, 0.15) is 0 Å². The molecule has 0 aliphatic carbocycles. The Labute approximate surface area is 162 Å². The number of halogens is 1. The van der Waals surface area contributed by atoms with E-state index < -0.39 is 0 Å². The van der Waals surface area contributed by atoms with Crippen molar-refractivity contribution in [1.29, 1.82) is 0 Å². The number of benzene rings is 1. The van der Waals surface area contributed by atoms with E-state index >= 15 is 0 Å². The maximum Gasteiger partial charge on any atom is 0.234 e. The van der Waals surface area contributed by atoms with E-state index in [-0.39, 0.29) is 5.91 Å². The van der Waals surface area contributed by atoms with Crippen LogP contribution in [0.15, 0.2) is 40.2 Å². The summed E-state index contributed by atoms with van der Waals surface area (Å²) in [4.78, 5) is 18.3. The molecule has 0 saturated carbocycles. The average Bonchev–Trinajstić information content (AvgIpc) is 3.01. The molecule has 1 aliphatic heterocycles. The Morgan fingerprint density at radius 1 is 1.12 bits per heavy atom. The number of nitrogens with zero attached hydrogens (tertiary/aromatic N) is 2. The molecule has 6 heteroatoms. The highest BCUT2D eigenvalue weighted by Crippen LogP contribution is 2.23. The van der Waals surface area contributed by atoms with Crippen molar-refractivity contribution in [3.05, 3.63) is 56.2 Å². The summed E-state index contributed by atoms with van der Waals surface area (Å²) in [5, 5.41) is 3.04. The van der Waals surface area contributed by atoms with Gasteiger partial charge in [0.05, 0.1) is 10.3 Å². The van der Waals surface area contributed by atoms with E-state index in [4.69, 9.17) is 0 Å². The first-order valence-corrected chi connectivity index (χ1v) is 10.2. The number of nitrogens with one attached hydrogen (secondary N) is 1. The van der Waals surface area contributed by atoms with Crippen molar-refractivity contribution in [3.8, 4) is 0 Å². The van der Waals surface area contributed by atoms with E-state index in [0.29, 0.717) is 13.1 Å². The van der Waals surface area contributed by atoms with Gasteiger partial charge in [0.2, 0.25) is 5.91 Å². The lowest BCUT2D eigenvalue weighted by Gasteiger charge is -2.34. The lowest BCUT2D eigenvalue weighted by molar-refractivity contribution is -0.122. The monoisotopic (exact) mass is 421 g/mol. The molecule has 0 radical (unpaired) electrons. The molecule has 1 aromatic heterocycles. The standard InChI is InChI=1S/C19H24BrN3OS/c1-15-4-2-3-5-16(15)12-21-19(24)14-23-10-8-22(9-11-23)13-17-6-7-18(20)25-17/h2-7H,8-14H2,1H3,(H,21,24). The van der Waals surface area contributed by atoms with Gasteiger partial charge in [-0.2, -0.15) is 0 Å². The SMILES string of the molecule is Cc1ccccc1CNC(=O)CN1CCN(Cc2ccc(Br)s2)CC1. The molecule has 0 spiro atoms. The van der Waals surface area contributed by atoms with Crippen LogP contribution in [-0.2, 0) is 17.9 Å². The van der Waals surface area contributed by atoms with Crippen LogP contribution in [-0.4, -0.2) is 48.4 Å². The van der Waals surface area contributed by atoms with Crippen molar-refractivity contribution in [2.24, 2.45) is 0 Å². The van der Waals surface area contributed by atoms with E-state index in [0.717, 1.165) is 32.7 Å². The summed E-state index contributed by atoms with van der Waals surface area (Å²) >= 11 is 5.31. The summed E-state index contributed by atoms with van der Waals surface area (Å²) in [5.74, 6) is 0.110.